The number of carbonyl (C=O) groups excluding carboxylic acids is 3. The SMILES string of the molecule is COC(=O)c1c(NC(=O)/C=C/c2ccc(OCCC(C)C)c(OC)c2)sc2c1C(C(=O)OC)CC2. The molecule has 188 valence electrons. The van der Waals surface area contributed by atoms with Gasteiger partial charge in [0, 0.05) is 11.0 Å². The molecule has 1 aliphatic carbocycles. The summed E-state index contributed by atoms with van der Waals surface area (Å²) in [6.07, 6.45) is 5.14. The predicted molar refractivity (Wildman–Crippen MR) is 134 cm³/mol. The van der Waals surface area contributed by atoms with Gasteiger partial charge in [-0.1, -0.05) is 19.9 Å². The van der Waals surface area contributed by atoms with Crippen LogP contribution < -0.4 is 14.8 Å². The fourth-order valence-corrected chi connectivity index (χ4v) is 5.14. The average molecular weight is 502 g/mol. The number of rotatable bonds is 10. The average Bonchev–Trinajstić information content (AvgIpc) is 3.40. The van der Waals surface area contributed by atoms with Crippen molar-refractivity contribution in [2.45, 2.75) is 39.0 Å². The van der Waals surface area contributed by atoms with Crippen LogP contribution in [0.3, 0.4) is 0 Å². The van der Waals surface area contributed by atoms with Crippen LogP contribution in [-0.2, 0) is 25.5 Å². The van der Waals surface area contributed by atoms with Crippen molar-refractivity contribution in [3.8, 4) is 11.5 Å². The Bertz CT molecular complexity index is 1120. The number of ether oxygens (including phenoxy) is 4. The van der Waals surface area contributed by atoms with Crippen LogP contribution in [0.1, 0.15) is 59.0 Å². The van der Waals surface area contributed by atoms with E-state index in [1.54, 1.807) is 19.3 Å². The van der Waals surface area contributed by atoms with Crippen LogP contribution in [-0.4, -0.2) is 45.8 Å². The van der Waals surface area contributed by atoms with Gasteiger partial charge in [0.1, 0.15) is 5.00 Å². The smallest absolute Gasteiger partial charge is 0.341 e. The van der Waals surface area contributed by atoms with Gasteiger partial charge in [0.2, 0.25) is 5.91 Å². The van der Waals surface area contributed by atoms with Crippen LogP contribution in [0.25, 0.3) is 6.08 Å². The first-order chi connectivity index (χ1) is 16.8. The van der Waals surface area contributed by atoms with Crippen molar-refractivity contribution in [2.75, 3.05) is 33.3 Å². The maximum absolute atomic E-state index is 12.7. The molecule has 1 atom stereocenters. The highest BCUT2D eigenvalue weighted by molar-refractivity contribution is 7.17. The Morgan fingerprint density at radius 1 is 1.14 bits per heavy atom. The van der Waals surface area contributed by atoms with E-state index in [9.17, 15) is 14.4 Å². The van der Waals surface area contributed by atoms with E-state index >= 15 is 0 Å². The summed E-state index contributed by atoms with van der Waals surface area (Å²) in [6.45, 7) is 4.86. The molecule has 0 bridgehead atoms. The summed E-state index contributed by atoms with van der Waals surface area (Å²) >= 11 is 1.28. The van der Waals surface area contributed by atoms with E-state index in [-0.39, 0.29) is 5.56 Å². The molecule has 9 heteroatoms. The molecule has 0 spiro atoms. The number of benzene rings is 1. The number of thiophene rings is 1. The molecule has 1 aromatic carbocycles. The molecule has 1 aliphatic rings. The molecule has 0 radical (unpaired) electrons. The number of esters is 2. The molecule has 0 saturated heterocycles. The van der Waals surface area contributed by atoms with E-state index < -0.39 is 23.8 Å². The van der Waals surface area contributed by atoms with Crippen molar-refractivity contribution < 1.29 is 33.3 Å². The number of fused-ring (bicyclic) bond motifs is 1. The van der Waals surface area contributed by atoms with Crippen molar-refractivity contribution in [3.05, 3.63) is 45.8 Å². The summed E-state index contributed by atoms with van der Waals surface area (Å²) < 4.78 is 21.1. The molecule has 1 unspecified atom stereocenters. The Morgan fingerprint density at radius 3 is 2.57 bits per heavy atom. The van der Waals surface area contributed by atoms with Crippen molar-refractivity contribution in [1.29, 1.82) is 0 Å². The second-order valence-corrected chi connectivity index (χ2v) is 9.62. The van der Waals surface area contributed by atoms with Gasteiger partial charge in [-0.25, -0.2) is 4.79 Å². The number of aryl methyl sites for hydroxylation is 1. The molecular formula is C26H31NO7S. The van der Waals surface area contributed by atoms with Crippen LogP contribution in [0.15, 0.2) is 24.3 Å². The van der Waals surface area contributed by atoms with Gasteiger partial charge in [0.15, 0.2) is 11.5 Å². The Hall–Kier alpha value is -3.33. The topological polar surface area (TPSA) is 100 Å². The van der Waals surface area contributed by atoms with Gasteiger partial charge >= 0.3 is 11.9 Å². The van der Waals surface area contributed by atoms with Gasteiger partial charge in [-0.05, 0) is 54.5 Å². The highest BCUT2D eigenvalue weighted by atomic mass is 32.1. The zero-order valence-electron chi connectivity index (χ0n) is 20.6. The molecule has 35 heavy (non-hydrogen) atoms. The minimum absolute atomic E-state index is 0.215. The third kappa shape index (κ3) is 6.22. The normalized spacial score (nSPS) is 14.6. The Kier molecular flexibility index (Phi) is 8.92. The van der Waals surface area contributed by atoms with E-state index in [1.807, 2.05) is 12.1 Å². The third-order valence-electron chi connectivity index (χ3n) is 5.71. The van der Waals surface area contributed by atoms with Gasteiger partial charge in [0.25, 0.3) is 0 Å². The van der Waals surface area contributed by atoms with E-state index in [0.29, 0.717) is 47.4 Å². The molecule has 1 aromatic heterocycles. The summed E-state index contributed by atoms with van der Waals surface area (Å²) in [5.74, 6) is -0.211. The number of amides is 1. The Balaban J connectivity index is 1.76. The second kappa shape index (κ2) is 11.9. The Labute approximate surface area is 209 Å². The lowest BCUT2D eigenvalue weighted by Gasteiger charge is -2.12. The fourth-order valence-electron chi connectivity index (χ4n) is 3.87. The molecule has 3 rings (SSSR count). The molecule has 0 saturated carbocycles. The number of hydrogen-bond acceptors (Lipinski definition) is 8. The summed E-state index contributed by atoms with van der Waals surface area (Å²) in [4.78, 5) is 38.3. The van der Waals surface area contributed by atoms with Crippen molar-refractivity contribution in [2.24, 2.45) is 5.92 Å². The van der Waals surface area contributed by atoms with Crippen molar-refractivity contribution in [3.63, 3.8) is 0 Å². The van der Waals surface area contributed by atoms with E-state index in [2.05, 4.69) is 19.2 Å². The van der Waals surface area contributed by atoms with E-state index in [1.165, 1.54) is 31.6 Å². The quantitative estimate of drug-likeness (QED) is 0.368. The molecule has 1 heterocycles. The number of nitrogens with one attached hydrogen (secondary N) is 1. The van der Waals surface area contributed by atoms with Gasteiger partial charge in [-0.15, -0.1) is 11.3 Å². The third-order valence-corrected chi connectivity index (χ3v) is 6.89. The van der Waals surface area contributed by atoms with Gasteiger partial charge in [0.05, 0.1) is 39.4 Å². The highest BCUT2D eigenvalue weighted by Crippen LogP contribution is 2.45. The van der Waals surface area contributed by atoms with Crippen LogP contribution in [0, 0.1) is 5.92 Å². The summed E-state index contributed by atoms with van der Waals surface area (Å²) in [7, 11) is 4.15. The molecule has 1 amide bonds. The van der Waals surface area contributed by atoms with Crippen LogP contribution in [0.4, 0.5) is 5.00 Å². The minimum Gasteiger partial charge on any atom is -0.493 e. The van der Waals surface area contributed by atoms with Crippen LogP contribution in [0.2, 0.25) is 0 Å². The first-order valence-corrected chi connectivity index (χ1v) is 12.2. The number of anilines is 1. The van der Waals surface area contributed by atoms with Crippen molar-refractivity contribution >= 4 is 40.3 Å². The highest BCUT2D eigenvalue weighted by Gasteiger charge is 2.38. The lowest BCUT2D eigenvalue weighted by molar-refractivity contribution is -0.142. The second-order valence-electron chi connectivity index (χ2n) is 8.51. The van der Waals surface area contributed by atoms with Gasteiger partial charge < -0.3 is 24.3 Å². The Morgan fingerprint density at radius 2 is 1.91 bits per heavy atom. The van der Waals surface area contributed by atoms with E-state index in [4.69, 9.17) is 18.9 Å². The molecule has 0 aliphatic heterocycles. The molecule has 1 N–H and O–H groups in total. The number of carbonyl (C=O) groups is 3. The maximum Gasteiger partial charge on any atom is 0.341 e. The first kappa shape index (κ1) is 26.3. The standard InChI is InChI=1S/C26H31NO7S/c1-15(2)12-13-34-18-9-6-16(14-19(18)31-3)7-11-21(28)27-24-23(26(30)33-5)22-17(25(29)32-4)8-10-20(22)35-24/h6-7,9,11,14-15,17H,8,10,12-13H2,1-5H3,(H,27,28)/b11-7+. The minimum atomic E-state index is -0.602. The summed E-state index contributed by atoms with van der Waals surface area (Å²) in [5.41, 5.74) is 1.55. The summed E-state index contributed by atoms with van der Waals surface area (Å²) in [6, 6.07) is 5.43. The largest absolute Gasteiger partial charge is 0.493 e. The van der Waals surface area contributed by atoms with Gasteiger partial charge in [-0.2, -0.15) is 0 Å². The van der Waals surface area contributed by atoms with Gasteiger partial charge in [-0.3, -0.25) is 9.59 Å². The number of methoxy groups -OCH3 is 3. The zero-order valence-corrected chi connectivity index (χ0v) is 21.5. The summed E-state index contributed by atoms with van der Waals surface area (Å²) in [5, 5.41) is 3.12. The van der Waals surface area contributed by atoms with Crippen LogP contribution in [0.5, 0.6) is 11.5 Å². The fraction of sp³-hybridized carbons (Fsp3) is 0.423. The van der Waals surface area contributed by atoms with Crippen molar-refractivity contribution in [1.82, 2.24) is 0 Å². The molecular weight excluding hydrogens is 470 g/mol. The lowest BCUT2D eigenvalue weighted by Crippen LogP contribution is -2.16. The molecule has 0 fully saturated rings. The van der Waals surface area contributed by atoms with E-state index in [0.717, 1.165) is 16.9 Å². The molecule has 2 aromatic rings. The first-order valence-electron chi connectivity index (χ1n) is 11.4. The number of hydrogen-bond donors (Lipinski definition) is 1. The van der Waals surface area contributed by atoms with Crippen LogP contribution >= 0.6 is 11.3 Å². The monoisotopic (exact) mass is 501 g/mol. The maximum atomic E-state index is 12.7. The molecule has 8 nitrogen and oxygen atoms in total. The predicted octanol–water partition coefficient (Wildman–Crippen LogP) is 4.82. The lowest BCUT2D eigenvalue weighted by atomic mass is 9.99. The zero-order chi connectivity index (χ0) is 25.5.